The van der Waals surface area contributed by atoms with E-state index in [9.17, 15) is 0 Å². The van der Waals surface area contributed by atoms with Gasteiger partial charge in [-0.25, -0.2) is 0 Å². The molecule has 1 aromatic heterocycles. The Bertz CT molecular complexity index is 490. The van der Waals surface area contributed by atoms with Crippen LogP contribution in [0, 0.1) is 0 Å². The van der Waals surface area contributed by atoms with Crippen LogP contribution in [0.15, 0.2) is 42.7 Å². The minimum atomic E-state index is 0.621. The molecule has 1 heterocycles. The lowest BCUT2D eigenvalue weighted by Crippen LogP contribution is -2.36. The normalized spacial score (nSPS) is 18.6. The average molecular weight is 241 g/mol. The van der Waals surface area contributed by atoms with E-state index in [4.69, 9.17) is 0 Å². The van der Waals surface area contributed by atoms with Crippen LogP contribution in [0.3, 0.4) is 0 Å². The van der Waals surface area contributed by atoms with Gasteiger partial charge in [0, 0.05) is 25.0 Å². The monoisotopic (exact) mass is 241 g/mol. The Morgan fingerprint density at radius 3 is 2.94 bits per heavy atom. The lowest BCUT2D eigenvalue weighted by molar-refractivity contribution is 0.435. The van der Waals surface area contributed by atoms with Crippen molar-refractivity contribution in [3.8, 4) is 0 Å². The number of nitrogens with zero attached hydrogens (tertiary/aromatic N) is 2. The van der Waals surface area contributed by atoms with Crippen molar-refractivity contribution in [1.29, 1.82) is 0 Å². The van der Waals surface area contributed by atoms with E-state index in [0.717, 1.165) is 19.5 Å². The van der Waals surface area contributed by atoms with Crippen molar-refractivity contribution >= 4 is 0 Å². The first kappa shape index (κ1) is 11.5. The van der Waals surface area contributed by atoms with Crippen molar-refractivity contribution in [1.82, 2.24) is 15.1 Å². The Morgan fingerprint density at radius 2 is 2.11 bits per heavy atom. The highest BCUT2D eigenvalue weighted by Crippen LogP contribution is 2.20. The standard InChI is InChI=1S/C15H19N3/c1-2-5-14-12-15(7-6-13(14)4-1)16-9-11-18-10-3-8-17-18/h1-5,8,10,15-16H,6-7,9,11-12H2. The Morgan fingerprint density at radius 1 is 1.22 bits per heavy atom. The van der Waals surface area contributed by atoms with E-state index in [1.165, 1.54) is 24.0 Å². The molecule has 1 aromatic carbocycles. The van der Waals surface area contributed by atoms with Gasteiger partial charge in [-0.3, -0.25) is 4.68 Å². The quantitative estimate of drug-likeness (QED) is 0.887. The van der Waals surface area contributed by atoms with Crippen molar-refractivity contribution in [2.75, 3.05) is 6.54 Å². The first-order chi connectivity index (χ1) is 8.92. The number of hydrogen-bond acceptors (Lipinski definition) is 2. The molecule has 1 unspecified atom stereocenters. The molecule has 1 aliphatic rings. The molecule has 0 saturated heterocycles. The fourth-order valence-corrected chi connectivity index (χ4v) is 2.69. The third-order valence-electron chi connectivity index (χ3n) is 3.68. The van der Waals surface area contributed by atoms with E-state index >= 15 is 0 Å². The summed E-state index contributed by atoms with van der Waals surface area (Å²) >= 11 is 0. The van der Waals surface area contributed by atoms with Gasteiger partial charge in [0.1, 0.15) is 0 Å². The highest BCUT2D eigenvalue weighted by atomic mass is 15.3. The Labute approximate surface area is 108 Å². The van der Waals surface area contributed by atoms with E-state index < -0.39 is 0 Å². The van der Waals surface area contributed by atoms with E-state index in [1.807, 2.05) is 23.1 Å². The highest BCUT2D eigenvalue weighted by molar-refractivity contribution is 5.30. The minimum Gasteiger partial charge on any atom is -0.312 e. The topological polar surface area (TPSA) is 29.9 Å². The summed E-state index contributed by atoms with van der Waals surface area (Å²) in [7, 11) is 0. The molecule has 1 atom stereocenters. The summed E-state index contributed by atoms with van der Waals surface area (Å²) in [5, 5.41) is 7.85. The van der Waals surface area contributed by atoms with Crippen LogP contribution in [0.1, 0.15) is 17.5 Å². The zero-order valence-electron chi connectivity index (χ0n) is 10.5. The van der Waals surface area contributed by atoms with Crippen LogP contribution >= 0.6 is 0 Å². The maximum atomic E-state index is 4.21. The van der Waals surface area contributed by atoms with Gasteiger partial charge in [0.05, 0.1) is 6.54 Å². The van der Waals surface area contributed by atoms with E-state index in [0.29, 0.717) is 6.04 Å². The predicted octanol–water partition coefficient (Wildman–Crippen LogP) is 2.03. The van der Waals surface area contributed by atoms with E-state index in [2.05, 4.69) is 34.7 Å². The Kier molecular flexibility index (Phi) is 3.42. The zero-order chi connectivity index (χ0) is 12.2. The number of nitrogens with one attached hydrogen (secondary N) is 1. The largest absolute Gasteiger partial charge is 0.312 e. The number of aryl methyl sites for hydroxylation is 1. The van der Waals surface area contributed by atoms with Crippen LogP contribution in [0.4, 0.5) is 0 Å². The smallest absolute Gasteiger partial charge is 0.0534 e. The maximum absolute atomic E-state index is 4.21. The van der Waals surface area contributed by atoms with Gasteiger partial charge in [0.15, 0.2) is 0 Å². The molecule has 1 aliphatic carbocycles. The van der Waals surface area contributed by atoms with Crippen molar-refractivity contribution < 1.29 is 0 Å². The lowest BCUT2D eigenvalue weighted by atomic mass is 9.88. The van der Waals surface area contributed by atoms with Crippen LogP contribution in [0.2, 0.25) is 0 Å². The summed E-state index contributed by atoms with van der Waals surface area (Å²) in [6.07, 6.45) is 7.45. The SMILES string of the molecule is c1ccc2c(c1)CCC(NCCn1cccn1)C2. The van der Waals surface area contributed by atoms with Gasteiger partial charge >= 0.3 is 0 Å². The number of aromatic nitrogens is 2. The first-order valence-electron chi connectivity index (χ1n) is 6.69. The number of fused-ring (bicyclic) bond motifs is 1. The van der Waals surface area contributed by atoms with Crippen molar-refractivity contribution in [3.05, 3.63) is 53.9 Å². The second kappa shape index (κ2) is 5.36. The number of hydrogen-bond donors (Lipinski definition) is 1. The summed E-state index contributed by atoms with van der Waals surface area (Å²) in [6.45, 7) is 1.94. The molecule has 0 spiro atoms. The molecule has 0 fully saturated rings. The molecular weight excluding hydrogens is 222 g/mol. The van der Waals surface area contributed by atoms with Crippen LogP contribution in [0.25, 0.3) is 0 Å². The maximum Gasteiger partial charge on any atom is 0.0534 e. The Balaban J connectivity index is 1.51. The van der Waals surface area contributed by atoms with Gasteiger partial charge < -0.3 is 5.32 Å². The van der Waals surface area contributed by atoms with Crippen LogP contribution in [0.5, 0.6) is 0 Å². The predicted molar refractivity (Wildman–Crippen MR) is 72.5 cm³/mol. The molecule has 3 nitrogen and oxygen atoms in total. The molecule has 0 radical (unpaired) electrons. The van der Waals surface area contributed by atoms with E-state index in [-0.39, 0.29) is 0 Å². The summed E-state index contributed by atoms with van der Waals surface area (Å²) < 4.78 is 1.98. The molecule has 2 aromatic rings. The Hall–Kier alpha value is -1.61. The third-order valence-corrected chi connectivity index (χ3v) is 3.68. The van der Waals surface area contributed by atoms with Gasteiger partial charge in [-0.1, -0.05) is 24.3 Å². The molecular formula is C15H19N3. The fourth-order valence-electron chi connectivity index (χ4n) is 2.69. The number of rotatable bonds is 4. The van der Waals surface area contributed by atoms with Crippen molar-refractivity contribution in [2.24, 2.45) is 0 Å². The second-order valence-corrected chi connectivity index (χ2v) is 4.93. The number of benzene rings is 1. The molecule has 0 amide bonds. The van der Waals surface area contributed by atoms with Crippen LogP contribution < -0.4 is 5.32 Å². The molecule has 3 rings (SSSR count). The molecule has 3 heteroatoms. The summed E-state index contributed by atoms with van der Waals surface area (Å²) in [5.74, 6) is 0. The van der Waals surface area contributed by atoms with Crippen LogP contribution in [-0.4, -0.2) is 22.4 Å². The lowest BCUT2D eigenvalue weighted by Gasteiger charge is -2.25. The minimum absolute atomic E-state index is 0.621. The van der Waals surface area contributed by atoms with Gasteiger partial charge in [0.25, 0.3) is 0 Å². The van der Waals surface area contributed by atoms with E-state index in [1.54, 1.807) is 0 Å². The van der Waals surface area contributed by atoms with Crippen molar-refractivity contribution in [2.45, 2.75) is 31.8 Å². The fraction of sp³-hybridized carbons (Fsp3) is 0.400. The van der Waals surface area contributed by atoms with Gasteiger partial charge in [-0.15, -0.1) is 0 Å². The first-order valence-corrected chi connectivity index (χ1v) is 6.69. The highest BCUT2D eigenvalue weighted by Gasteiger charge is 2.17. The third kappa shape index (κ3) is 2.62. The average Bonchev–Trinajstić information content (AvgIpc) is 2.92. The zero-order valence-corrected chi connectivity index (χ0v) is 10.5. The van der Waals surface area contributed by atoms with Gasteiger partial charge in [0.2, 0.25) is 0 Å². The molecule has 0 saturated carbocycles. The second-order valence-electron chi connectivity index (χ2n) is 4.93. The summed E-state index contributed by atoms with van der Waals surface area (Å²) in [4.78, 5) is 0. The van der Waals surface area contributed by atoms with Crippen molar-refractivity contribution in [3.63, 3.8) is 0 Å². The van der Waals surface area contributed by atoms with Gasteiger partial charge in [-0.05, 0) is 36.5 Å². The molecule has 0 bridgehead atoms. The molecule has 18 heavy (non-hydrogen) atoms. The summed E-state index contributed by atoms with van der Waals surface area (Å²) in [6, 6.07) is 11.4. The summed E-state index contributed by atoms with van der Waals surface area (Å²) in [5.41, 5.74) is 3.04. The van der Waals surface area contributed by atoms with Crippen LogP contribution in [-0.2, 0) is 19.4 Å². The molecule has 94 valence electrons. The molecule has 0 aliphatic heterocycles. The van der Waals surface area contributed by atoms with Gasteiger partial charge in [-0.2, -0.15) is 5.10 Å². The molecule has 1 N–H and O–H groups in total.